The van der Waals surface area contributed by atoms with Crippen molar-refractivity contribution in [1.29, 1.82) is 0 Å². The quantitative estimate of drug-likeness (QED) is 0.807. The molecule has 1 heterocycles. The van der Waals surface area contributed by atoms with Gasteiger partial charge in [-0.1, -0.05) is 12.1 Å². The number of nitrogens with zero attached hydrogens (tertiary/aromatic N) is 1. The molecule has 1 saturated heterocycles. The third-order valence-electron chi connectivity index (χ3n) is 3.31. The highest BCUT2D eigenvalue weighted by Gasteiger charge is 2.23. The summed E-state index contributed by atoms with van der Waals surface area (Å²) in [5.41, 5.74) is 6.87. The van der Waals surface area contributed by atoms with Gasteiger partial charge in [-0.2, -0.15) is 0 Å². The molecule has 0 aromatic heterocycles. The van der Waals surface area contributed by atoms with Gasteiger partial charge in [0.05, 0.1) is 6.61 Å². The van der Waals surface area contributed by atoms with Gasteiger partial charge in [0, 0.05) is 18.2 Å². The molecule has 4 heteroatoms. The van der Waals surface area contributed by atoms with Gasteiger partial charge in [0.15, 0.2) is 0 Å². The van der Waals surface area contributed by atoms with E-state index in [-0.39, 0.29) is 12.6 Å². The second kappa shape index (κ2) is 5.29. The fourth-order valence-electron chi connectivity index (χ4n) is 2.37. The smallest absolute Gasteiger partial charge is 0.248 e. The summed E-state index contributed by atoms with van der Waals surface area (Å²) in [5, 5.41) is 9.24. The molecule has 0 bridgehead atoms. The molecule has 0 saturated carbocycles. The normalized spacial score (nSPS) is 20.6. The van der Waals surface area contributed by atoms with E-state index >= 15 is 0 Å². The first-order chi connectivity index (χ1) is 8.20. The maximum absolute atomic E-state index is 11.1. The molecule has 0 spiro atoms. The number of primary amides is 1. The van der Waals surface area contributed by atoms with Crippen molar-refractivity contribution in [3.63, 3.8) is 0 Å². The first kappa shape index (κ1) is 12.1. The number of hydrogen-bond acceptors (Lipinski definition) is 3. The SMILES string of the molecule is NC(=O)c1cccc(CN2CCC[C@@H]2CO)c1. The van der Waals surface area contributed by atoms with Crippen molar-refractivity contribution in [1.82, 2.24) is 4.90 Å². The second-order valence-corrected chi connectivity index (χ2v) is 4.51. The highest BCUT2D eigenvalue weighted by atomic mass is 16.3. The predicted molar refractivity (Wildman–Crippen MR) is 65.5 cm³/mol. The summed E-state index contributed by atoms with van der Waals surface area (Å²) in [6.45, 7) is 1.98. The minimum atomic E-state index is -0.396. The molecule has 4 nitrogen and oxygen atoms in total. The van der Waals surface area contributed by atoms with Crippen LogP contribution in [0.15, 0.2) is 24.3 Å². The van der Waals surface area contributed by atoms with Gasteiger partial charge in [-0.15, -0.1) is 0 Å². The van der Waals surface area contributed by atoms with E-state index in [0.717, 1.165) is 31.5 Å². The molecular formula is C13H18N2O2. The summed E-state index contributed by atoms with van der Waals surface area (Å²) in [7, 11) is 0. The van der Waals surface area contributed by atoms with Gasteiger partial charge in [0.1, 0.15) is 0 Å². The third kappa shape index (κ3) is 2.84. The number of carbonyl (C=O) groups excluding carboxylic acids is 1. The monoisotopic (exact) mass is 234 g/mol. The van der Waals surface area contributed by atoms with E-state index in [0.29, 0.717) is 5.56 Å². The van der Waals surface area contributed by atoms with Gasteiger partial charge < -0.3 is 10.8 Å². The molecule has 1 aliphatic heterocycles. The first-order valence-corrected chi connectivity index (χ1v) is 5.94. The molecule has 1 aliphatic rings. The van der Waals surface area contributed by atoms with Crippen LogP contribution < -0.4 is 5.73 Å². The zero-order chi connectivity index (χ0) is 12.3. The highest BCUT2D eigenvalue weighted by Crippen LogP contribution is 2.19. The summed E-state index contributed by atoms with van der Waals surface area (Å²) >= 11 is 0. The summed E-state index contributed by atoms with van der Waals surface area (Å²) in [4.78, 5) is 13.3. The number of nitrogens with two attached hydrogens (primary N) is 1. The van der Waals surface area contributed by atoms with E-state index in [9.17, 15) is 9.90 Å². The highest BCUT2D eigenvalue weighted by molar-refractivity contribution is 5.92. The van der Waals surface area contributed by atoms with Crippen LogP contribution in [-0.4, -0.2) is 35.1 Å². The Labute approximate surface area is 101 Å². The molecule has 17 heavy (non-hydrogen) atoms. The third-order valence-corrected chi connectivity index (χ3v) is 3.31. The van der Waals surface area contributed by atoms with Crippen LogP contribution in [0.2, 0.25) is 0 Å². The molecule has 1 aromatic carbocycles. The lowest BCUT2D eigenvalue weighted by Gasteiger charge is -2.22. The lowest BCUT2D eigenvalue weighted by molar-refractivity contribution is 0.1000. The number of rotatable bonds is 4. The number of likely N-dealkylation sites (tertiary alicyclic amines) is 1. The van der Waals surface area contributed by atoms with Crippen LogP contribution in [0.1, 0.15) is 28.8 Å². The molecule has 92 valence electrons. The van der Waals surface area contributed by atoms with Gasteiger partial charge >= 0.3 is 0 Å². The topological polar surface area (TPSA) is 66.6 Å². The maximum Gasteiger partial charge on any atom is 0.248 e. The van der Waals surface area contributed by atoms with Crippen LogP contribution in [0.25, 0.3) is 0 Å². The standard InChI is InChI=1S/C13H18N2O2/c14-13(17)11-4-1-3-10(7-11)8-15-6-2-5-12(15)9-16/h1,3-4,7,12,16H,2,5-6,8-9H2,(H2,14,17)/t12-/m1/s1. The van der Waals surface area contributed by atoms with E-state index in [1.54, 1.807) is 6.07 Å². The molecule has 1 aromatic rings. The second-order valence-electron chi connectivity index (χ2n) is 4.51. The summed E-state index contributed by atoms with van der Waals surface area (Å²) < 4.78 is 0. The van der Waals surface area contributed by atoms with Gasteiger partial charge in [0.25, 0.3) is 0 Å². The number of benzene rings is 1. The summed E-state index contributed by atoms with van der Waals surface area (Å²) in [5.74, 6) is -0.396. The molecule has 1 fully saturated rings. The number of hydrogen-bond donors (Lipinski definition) is 2. The lowest BCUT2D eigenvalue weighted by atomic mass is 10.1. The fourth-order valence-corrected chi connectivity index (χ4v) is 2.37. The maximum atomic E-state index is 11.1. The Bertz CT molecular complexity index is 406. The van der Waals surface area contributed by atoms with Crippen LogP contribution in [0, 0.1) is 0 Å². The predicted octanol–water partition coefficient (Wildman–Crippen LogP) is 0.742. The fraction of sp³-hybridized carbons (Fsp3) is 0.462. The molecule has 0 unspecified atom stereocenters. The van der Waals surface area contributed by atoms with E-state index in [4.69, 9.17) is 5.73 Å². The van der Waals surface area contributed by atoms with Crippen LogP contribution in [0.4, 0.5) is 0 Å². The van der Waals surface area contributed by atoms with Crippen molar-refractivity contribution in [3.8, 4) is 0 Å². The lowest BCUT2D eigenvalue weighted by Crippen LogP contribution is -2.31. The minimum Gasteiger partial charge on any atom is -0.395 e. The Balaban J connectivity index is 2.07. The number of aliphatic hydroxyl groups excluding tert-OH is 1. The largest absolute Gasteiger partial charge is 0.395 e. The Morgan fingerprint density at radius 2 is 2.35 bits per heavy atom. The van der Waals surface area contributed by atoms with Crippen molar-refractivity contribution in [2.24, 2.45) is 5.73 Å². The van der Waals surface area contributed by atoms with Crippen molar-refractivity contribution in [2.75, 3.05) is 13.2 Å². The van der Waals surface area contributed by atoms with Crippen molar-refractivity contribution >= 4 is 5.91 Å². The minimum absolute atomic E-state index is 0.204. The van der Waals surface area contributed by atoms with E-state index < -0.39 is 5.91 Å². The number of carbonyl (C=O) groups is 1. The Morgan fingerprint density at radius 1 is 1.53 bits per heavy atom. The molecule has 0 radical (unpaired) electrons. The molecule has 1 atom stereocenters. The van der Waals surface area contributed by atoms with Gasteiger partial charge in [0.2, 0.25) is 5.91 Å². The molecular weight excluding hydrogens is 216 g/mol. The number of amides is 1. The van der Waals surface area contributed by atoms with Crippen LogP contribution >= 0.6 is 0 Å². The van der Waals surface area contributed by atoms with E-state index in [1.165, 1.54) is 0 Å². The first-order valence-electron chi connectivity index (χ1n) is 5.94. The number of aliphatic hydroxyl groups is 1. The van der Waals surface area contributed by atoms with Gasteiger partial charge in [-0.05, 0) is 37.1 Å². The molecule has 0 aliphatic carbocycles. The van der Waals surface area contributed by atoms with Crippen molar-refractivity contribution < 1.29 is 9.90 Å². The van der Waals surface area contributed by atoms with Crippen molar-refractivity contribution in [3.05, 3.63) is 35.4 Å². The van der Waals surface area contributed by atoms with E-state index in [1.807, 2.05) is 18.2 Å². The van der Waals surface area contributed by atoms with Crippen LogP contribution in [-0.2, 0) is 6.54 Å². The Morgan fingerprint density at radius 3 is 3.06 bits per heavy atom. The van der Waals surface area contributed by atoms with Gasteiger partial charge in [-0.3, -0.25) is 9.69 Å². The molecule has 3 N–H and O–H groups in total. The molecule has 2 rings (SSSR count). The van der Waals surface area contributed by atoms with Crippen LogP contribution in [0.5, 0.6) is 0 Å². The Kier molecular flexibility index (Phi) is 3.76. The average molecular weight is 234 g/mol. The van der Waals surface area contributed by atoms with Gasteiger partial charge in [-0.25, -0.2) is 0 Å². The van der Waals surface area contributed by atoms with E-state index in [2.05, 4.69) is 4.90 Å². The van der Waals surface area contributed by atoms with Crippen LogP contribution in [0.3, 0.4) is 0 Å². The Hall–Kier alpha value is -1.39. The zero-order valence-corrected chi connectivity index (χ0v) is 9.80. The average Bonchev–Trinajstić information content (AvgIpc) is 2.76. The zero-order valence-electron chi connectivity index (χ0n) is 9.80. The van der Waals surface area contributed by atoms with Crippen molar-refractivity contribution in [2.45, 2.75) is 25.4 Å². The summed E-state index contributed by atoms with van der Waals surface area (Å²) in [6.07, 6.45) is 2.17. The summed E-state index contributed by atoms with van der Waals surface area (Å²) in [6, 6.07) is 7.64. The molecule has 1 amide bonds.